The molecule has 0 radical (unpaired) electrons. The number of hydrogen-bond acceptors (Lipinski definition) is 3. The second-order valence-corrected chi connectivity index (χ2v) is 10.9. The average molecular weight is 301 g/mol. The van der Waals surface area contributed by atoms with E-state index in [0.717, 1.165) is 18.3 Å². The van der Waals surface area contributed by atoms with Gasteiger partial charge in [-0.2, -0.15) is 0 Å². The molecule has 3 nitrogen and oxygen atoms in total. The van der Waals surface area contributed by atoms with E-state index >= 15 is 0 Å². The molecule has 0 bridgehead atoms. The summed E-state index contributed by atoms with van der Waals surface area (Å²) in [7, 11) is -2.51. The molecule has 0 rings (SSSR count). The lowest BCUT2D eigenvalue weighted by Crippen LogP contribution is -2.32. The van der Waals surface area contributed by atoms with Crippen LogP contribution < -0.4 is 0 Å². The SMILES string of the molecule is C[SiH](C)OC(CO[SiH2]CCCCl)O[SiH](C)C. The van der Waals surface area contributed by atoms with E-state index in [1.165, 1.54) is 0 Å². The van der Waals surface area contributed by atoms with Gasteiger partial charge < -0.3 is 13.3 Å². The van der Waals surface area contributed by atoms with Gasteiger partial charge in [0.05, 0.1) is 6.61 Å². The summed E-state index contributed by atoms with van der Waals surface area (Å²) in [5, 5.41) is 0. The summed E-state index contributed by atoms with van der Waals surface area (Å²) in [6.45, 7) is 9.24. The molecule has 0 heterocycles. The highest BCUT2D eigenvalue weighted by Gasteiger charge is 2.13. The van der Waals surface area contributed by atoms with Gasteiger partial charge >= 0.3 is 0 Å². The Hall–Kier alpha value is 0.821. The Kier molecular flexibility index (Phi) is 11.5. The summed E-state index contributed by atoms with van der Waals surface area (Å²) in [5.74, 6) is 0.741. The van der Waals surface area contributed by atoms with Gasteiger partial charge in [0.25, 0.3) is 0 Å². The van der Waals surface area contributed by atoms with Crippen molar-refractivity contribution in [1.29, 1.82) is 0 Å². The molecule has 0 saturated heterocycles. The smallest absolute Gasteiger partial charge is 0.174 e. The molecular weight excluding hydrogens is 276 g/mol. The van der Waals surface area contributed by atoms with Crippen LogP contribution >= 0.6 is 11.6 Å². The largest absolute Gasteiger partial charge is 0.419 e. The highest BCUT2D eigenvalue weighted by Crippen LogP contribution is 2.02. The second-order valence-electron chi connectivity index (χ2n) is 4.27. The maximum Gasteiger partial charge on any atom is 0.174 e. The highest BCUT2D eigenvalue weighted by atomic mass is 35.5. The molecule has 0 amide bonds. The van der Waals surface area contributed by atoms with E-state index in [0.29, 0.717) is 6.61 Å². The van der Waals surface area contributed by atoms with Crippen LogP contribution in [-0.4, -0.2) is 46.6 Å². The van der Waals surface area contributed by atoms with Crippen LogP contribution in [-0.2, 0) is 13.3 Å². The maximum absolute atomic E-state index is 5.79. The zero-order valence-corrected chi connectivity index (χ0v) is 15.3. The first kappa shape index (κ1) is 16.8. The van der Waals surface area contributed by atoms with Crippen LogP contribution in [0.3, 0.4) is 0 Å². The number of alkyl halides is 1. The Morgan fingerprint density at radius 3 is 2.12 bits per heavy atom. The summed E-state index contributed by atoms with van der Waals surface area (Å²) in [6, 6.07) is 1.15. The van der Waals surface area contributed by atoms with Crippen LogP contribution in [0.2, 0.25) is 32.2 Å². The summed E-state index contributed by atoms with van der Waals surface area (Å²) < 4.78 is 17.3. The Bertz CT molecular complexity index is 151. The summed E-state index contributed by atoms with van der Waals surface area (Å²) in [6.07, 6.45) is 0.958. The summed E-state index contributed by atoms with van der Waals surface area (Å²) in [5.41, 5.74) is 0. The molecule has 0 unspecified atom stereocenters. The Morgan fingerprint density at radius 2 is 1.69 bits per heavy atom. The van der Waals surface area contributed by atoms with Crippen molar-refractivity contribution in [3.05, 3.63) is 0 Å². The van der Waals surface area contributed by atoms with Crippen LogP contribution in [0.25, 0.3) is 0 Å². The van der Waals surface area contributed by atoms with Crippen molar-refractivity contribution in [2.24, 2.45) is 0 Å². The molecule has 0 aromatic heterocycles. The Morgan fingerprint density at radius 1 is 1.12 bits per heavy atom. The van der Waals surface area contributed by atoms with Gasteiger partial charge in [0.1, 0.15) is 0 Å². The summed E-state index contributed by atoms with van der Waals surface area (Å²) in [4.78, 5) is 0. The molecule has 0 aliphatic heterocycles. The highest BCUT2D eigenvalue weighted by molar-refractivity contribution is 6.49. The van der Waals surface area contributed by atoms with E-state index in [2.05, 4.69) is 26.2 Å². The van der Waals surface area contributed by atoms with E-state index in [4.69, 9.17) is 24.9 Å². The third-order valence-corrected chi connectivity index (χ3v) is 5.05. The van der Waals surface area contributed by atoms with Crippen molar-refractivity contribution in [3.8, 4) is 0 Å². The van der Waals surface area contributed by atoms with Crippen molar-refractivity contribution in [2.75, 3.05) is 12.5 Å². The van der Waals surface area contributed by atoms with Gasteiger partial charge in [-0.15, -0.1) is 11.6 Å². The lowest BCUT2D eigenvalue weighted by atomic mass is 10.6. The van der Waals surface area contributed by atoms with E-state index in [1.54, 1.807) is 0 Å². The van der Waals surface area contributed by atoms with Crippen LogP contribution in [0.1, 0.15) is 6.42 Å². The monoisotopic (exact) mass is 300 g/mol. The molecule has 0 aliphatic carbocycles. The lowest BCUT2D eigenvalue weighted by Gasteiger charge is -2.23. The predicted molar refractivity (Wildman–Crippen MR) is 78.4 cm³/mol. The van der Waals surface area contributed by atoms with Crippen LogP contribution in [0.15, 0.2) is 0 Å². The van der Waals surface area contributed by atoms with Crippen LogP contribution in [0.4, 0.5) is 0 Å². The average Bonchev–Trinajstić information content (AvgIpc) is 2.15. The molecule has 0 atom stereocenters. The van der Waals surface area contributed by atoms with E-state index < -0.39 is 27.8 Å². The van der Waals surface area contributed by atoms with Crippen molar-refractivity contribution in [2.45, 2.75) is 44.9 Å². The molecular formula is C9H25ClO3Si3. The molecule has 98 valence electrons. The predicted octanol–water partition coefficient (Wildman–Crippen LogP) is 1.46. The van der Waals surface area contributed by atoms with Crippen LogP contribution in [0.5, 0.6) is 0 Å². The third kappa shape index (κ3) is 11.3. The van der Waals surface area contributed by atoms with Gasteiger partial charge in [0, 0.05) is 5.88 Å². The molecule has 0 fully saturated rings. The minimum Gasteiger partial charge on any atom is -0.419 e. The molecule has 0 saturated carbocycles. The number of halogens is 1. The van der Waals surface area contributed by atoms with Crippen LogP contribution in [0, 0.1) is 0 Å². The standard InChI is InChI=1S/C9H25ClO3Si3/c1-15(2)12-9(13-16(3)4)8-11-14-7-5-6-10/h9,15-16H,5-8,14H2,1-4H3. The molecule has 0 aromatic carbocycles. The Labute approximate surface area is 110 Å². The molecule has 16 heavy (non-hydrogen) atoms. The molecule has 0 spiro atoms. The lowest BCUT2D eigenvalue weighted by molar-refractivity contribution is -0.0305. The number of rotatable bonds is 10. The van der Waals surface area contributed by atoms with Crippen molar-refractivity contribution in [1.82, 2.24) is 0 Å². The van der Waals surface area contributed by atoms with E-state index in [1.807, 2.05) is 0 Å². The first-order chi connectivity index (χ1) is 7.56. The molecule has 0 N–H and O–H groups in total. The Balaban J connectivity index is 3.65. The molecule has 0 aliphatic rings. The zero-order chi connectivity index (χ0) is 12.4. The second kappa shape index (κ2) is 10.9. The molecule has 0 aromatic rings. The van der Waals surface area contributed by atoms with Gasteiger partial charge in [-0.25, -0.2) is 0 Å². The fourth-order valence-corrected chi connectivity index (χ4v) is 4.35. The maximum atomic E-state index is 5.79. The van der Waals surface area contributed by atoms with Crippen molar-refractivity contribution in [3.63, 3.8) is 0 Å². The van der Waals surface area contributed by atoms with E-state index in [-0.39, 0.29) is 6.29 Å². The van der Waals surface area contributed by atoms with Gasteiger partial charge in [-0.3, -0.25) is 0 Å². The third-order valence-electron chi connectivity index (χ3n) is 1.77. The molecule has 7 heteroatoms. The quantitative estimate of drug-likeness (QED) is 0.265. The minimum absolute atomic E-state index is 0.109. The van der Waals surface area contributed by atoms with Gasteiger partial charge in [-0.1, -0.05) is 0 Å². The van der Waals surface area contributed by atoms with Gasteiger partial charge in [-0.05, 0) is 38.7 Å². The number of hydrogen-bond donors (Lipinski definition) is 0. The topological polar surface area (TPSA) is 27.7 Å². The fourth-order valence-electron chi connectivity index (χ4n) is 1.20. The normalized spacial score (nSPS) is 12.8. The zero-order valence-electron chi connectivity index (χ0n) is 10.9. The van der Waals surface area contributed by atoms with Gasteiger partial charge in [0.2, 0.25) is 0 Å². The fraction of sp³-hybridized carbons (Fsp3) is 1.00. The first-order valence-corrected chi connectivity index (χ1v) is 13.7. The van der Waals surface area contributed by atoms with Crippen molar-refractivity contribution >= 4 is 39.4 Å². The van der Waals surface area contributed by atoms with Gasteiger partial charge in [0.15, 0.2) is 34.1 Å². The first-order valence-electron chi connectivity index (χ1n) is 6.01. The minimum atomic E-state index is -1.04. The van der Waals surface area contributed by atoms with E-state index in [9.17, 15) is 0 Å². The summed E-state index contributed by atoms with van der Waals surface area (Å²) >= 11 is 5.61. The van der Waals surface area contributed by atoms with Crippen molar-refractivity contribution < 1.29 is 13.3 Å².